The largest absolute Gasteiger partial charge is 0.494 e. The number of para-hydroxylation sites is 2. The van der Waals surface area contributed by atoms with Crippen LogP contribution in [-0.4, -0.2) is 49.6 Å². The van der Waals surface area contributed by atoms with Gasteiger partial charge in [0.25, 0.3) is 5.91 Å². The molecule has 0 aliphatic heterocycles. The van der Waals surface area contributed by atoms with Crippen molar-refractivity contribution in [2.75, 3.05) is 44.1 Å². The van der Waals surface area contributed by atoms with Crippen LogP contribution in [0.25, 0.3) is 0 Å². The number of hydrogen-bond donors (Lipinski definition) is 4. The van der Waals surface area contributed by atoms with E-state index in [-0.39, 0.29) is 17.5 Å². The number of urea groups is 1. The maximum Gasteiger partial charge on any atom is 0.319 e. The van der Waals surface area contributed by atoms with Gasteiger partial charge in [-0.3, -0.25) is 9.78 Å². The Hall–Kier alpha value is -4.18. The lowest BCUT2D eigenvalue weighted by molar-refractivity contribution is 0.102. The van der Waals surface area contributed by atoms with Crippen LogP contribution >= 0.6 is 0 Å². The highest BCUT2D eigenvalue weighted by Crippen LogP contribution is 2.23. The van der Waals surface area contributed by atoms with E-state index < -0.39 is 17.8 Å². The second-order valence-corrected chi connectivity index (χ2v) is 8.46. The van der Waals surface area contributed by atoms with E-state index in [9.17, 15) is 14.0 Å². The number of rotatable bonds is 10. The van der Waals surface area contributed by atoms with Crippen molar-refractivity contribution in [3.05, 3.63) is 77.9 Å². The Bertz CT molecular complexity index is 1190. The second kappa shape index (κ2) is 12.5. The highest BCUT2D eigenvalue weighted by atomic mass is 19.1. The van der Waals surface area contributed by atoms with Gasteiger partial charge in [-0.2, -0.15) is 0 Å². The molecule has 9 nitrogen and oxygen atoms in total. The Morgan fingerprint density at radius 2 is 1.89 bits per heavy atom. The number of nitrogen functional groups attached to an aromatic ring is 1. The zero-order chi connectivity index (χ0) is 26.1. The highest BCUT2D eigenvalue weighted by Gasteiger charge is 2.17. The number of benzene rings is 2. The van der Waals surface area contributed by atoms with Crippen LogP contribution in [-0.2, 0) is 0 Å². The Morgan fingerprint density at radius 3 is 2.53 bits per heavy atom. The minimum atomic E-state index is -0.576. The van der Waals surface area contributed by atoms with E-state index in [2.05, 4.69) is 25.8 Å². The summed E-state index contributed by atoms with van der Waals surface area (Å²) in [7, 11) is 5.32. The molecule has 10 heteroatoms. The van der Waals surface area contributed by atoms with Crippen molar-refractivity contribution in [3.8, 4) is 5.75 Å². The van der Waals surface area contributed by atoms with Gasteiger partial charge in [-0.05, 0) is 69.4 Å². The fourth-order valence-corrected chi connectivity index (χ4v) is 3.55. The van der Waals surface area contributed by atoms with Crippen LogP contribution in [0, 0.1) is 5.82 Å². The van der Waals surface area contributed by atoms with Gasteiger partial charge in [0.1, 0.15) is 5.69 Å². The Kier molecular flexibility index (Phi) is 9.18. The third-order valence-corrected chi connectivity index (χ3v) is 5.44. The molecule has 1 unspecified atom stereocenters. The van der Waals surface area contributed by atoms with Crippen LogP contribution in [0.2, 0.25) is 0 Å². The molecule has 0 spiro atoms. The lowest BCUT2D eigenvalue weighted by Crippen LogP contribution is -2.33. The number of carbonyl (C=O) groups excluding carboxylic acids is 2. The molecular formula is C26H31FN6O3. The number of amides is 3. The summed E-state index contributed by atoms with van der Waals surface area (Å²) in [5.41, 5.74) is 8.09. The average Bonchev–Trinajstić information content (AvgIpc) is 2.85. The minimum absolute atomic E-state index is 0.0904. The molecule has 0 saturated heterocycles. The van der Waals surface area contributed by atoms with Gasteiger partial charge in [-0.15, -0.1) is 0 Å². The lowest BCUT2D eigenvalue weighted by atomic mass is 10.0. The first-order valence-electron chi connectivity index (χ1n) is 11.4. The van der Waals surface area contributed by atoms with Crippen LogP contribution in [0.4, 0.5) is 26.2 Å². The SMILES string of the molecule is COc1ccc(NC(=O)NC(CCCN(C)C)c2ccc(C(=O)Nc3ccccc3N)nc2)cc1F. The zero-order valence-corrected chi connectivity index (χ0v) is 20.5. The van der Waals surface area contributed by atoms with Gasteiger partial charge in [-0.1, -0.05) is 18.2 Å². The van der Waals surface area contributed by atoms with Crippen molar-refractivity contribution in [1.29, 1.82) is 0 Å². The third-order valence-electron chi connectivity index (χ3n) is 5.44. The number of nitrogens with zero attached hydrogens (tertiary/aromatic N) is 2. The van der Waals surface area contributed by atoms with Gasteiger partial charge < -0.3 is 31.3 Å². The van der Waals surface area contributed by atoms with Crippen LogP contribution in [0.3, 0.4) is 0 Å². The van der Waals surface area contributed by atoms with E-state index in [0.717, 1.165) is 18.5 Å². The van der Waals surface area contributed by atoms with Crippen LogP contribution in [0.5, 0.6) is 5.75 Å². The molecule has 190 valence electrons. The van der Waals surface area contributed by atoms with Crippen molar-refractivity contribution >= 4 is 29.0 Å². The lowest BCUT2D eigenvalue weighted by Gasteiger charge is -2.21. The molecule has 3 amide bonds. The molecule has 0 aliphatic rings. The maximum atomic E-state index is 14.0. The van der Waals surface area contributed by atoms with Crippen molar-refractivity contribution in [3.63, 3.8) is 0 Å². The molecule has 0 bridgehead atoms. The van der Waals surface area contributed by atoms with Crippen molar-refractivity contribution in [2.45, 2.75) is 18.9 Å². The van der Waals surface area contributed by atoms with E-state index in [1.54, 1.807) is 48.7 Å². The summed E-state index contributed by atoms with van der Waals surface area (Å²) >= 11 is 0. The quantitative estimate of drug-likeness (QED) is 0.312. The van der Waals surface area contributed by atoms with Crippen molar-refractivity contribution < 1.29 is 18.7 Å². The molecule has 2 aromatic carbocycles. The summed E-state index contributed by atoms with van der Waals surface area (Å²) < 4.78 is 18.9. The molecule has 1 atom stereocenters. The van der Waals surface area contributed by atoms with Gasteiger partial charge in [0.05, 0.1) is 24.5 Å². The monoisotopic (exact) mass is 494 g/mol. The predicted octanol–water partition coefficient (Wildman–Crippen LogP) is 4.27. The molecule has 3 rings (SSSR count). The summed E-state index contributed by atoms with van der Waals surface area (Å²) in [5, 5.41) is 8.31. The number of halogens is 1. The molecule has 0 radical (unpaired) electrons. The van der Waals surface area contributed by atoms with E-state index in [0.29, 0.717) is 23.5 Å². The molecular weight excluding hydrogens is 463 g/mol. The second-order valence-electron chi connectivity index (χ2n) is 8.46. The first-order chi connectivity index (χ1) is 17.3. The first-order valence-corrected chi connectivity index (χ1v) is 11.4. The summed E-state index contributed by atoms with van der Waals surface area (Å²) in [6, 6.07) is 13.6. The Labute approximate surface area is 209 Å². The van der Waals surface area contributed by atoms with Gasteiger partial charge >= 0.3 is 6.03 Å². The average molecular weight is 495 g/mol. The van der Waals surface area contributed by atoms with E-state index >= 15 is 0 Å². The van der Waals surface area contributed by atoms with Crippen LogP contribution < -0.4 is 26.4 Å². The molecule has 36 heavy (non-hydrogen) atoms. The molecule has 3 aromatic rings. The number of nitrogens with two attached hydrogens (primary N) is 1. The zero-order valence-electron chi connectivity index (χ0n) is 20.5. The summed E-state index contributed by atoms with van der Waals surface area (Å²) in [5.74, 6) is -0.878. The first kappa shape index (κ1) is 26.4. The standard InChI is InChI=1S/C26H31FN6O3/c1-33(2)14-6-9-21(32-26(35)30-18-11-13-24(36-3)19(27)15-18)17-10-12-23(29-16-17)25(34)31-22-8-5-4-7-20(22)28/h4-5,7-8,10-13,15-16,21H,6,9,14,28H2,1-3H3,(H,31,34)(H2,30,32,35). The molecule has 5 N–H and O–H groups in total. The van der Waals surface area contributed by atoms with Crippen molar-refractivity contribution in [2.24, 2.45) is 0 Å². The van der Waals surface area contributed by atoms with Gasteiger partial charge in [0.15, 0.2) is 11.6 Å². The number of aromatic nitrogens is 1. The maximum absolute atomic E-state index is 14.0. The third kappa shape index (κ3) is 7.41. The van der Waals surface area contributed by atoms with Crippen molar-refractivity contribution in [1.82, 2.24) is 15.2 Å². The fourth-order valence-electron chi connectivity index (χ4n) is 3.55. The summed E-state index contributed by atoms with van der Waals surface area (Å²) in [6.45, 7) is 0.829. The highest BCUT2D eigenvalue weighted by molar-refractivity contribution is 6.04. The number of hydrogen-bond acceptors (Lipinski definition) is 6. The molecule has 1 aromatic heterocycles. The van der Waals surface area contributed by atoms with E-state index in [4.69, 9.17) is 10.5 Å². The number of methoxy groups -OCH3 is 1. The Balaban J connectivity index is 1.70. The minimum Gasteiger partial charge on any atom is -0.494 e. The van der Waals surface area contributed by atoms with Gasteiger partial charge in [0, 0.05) is 18.0 Å². The van der Waals surface area contributed by atoms with E-state index in [1.807, 2.05) is 14.1 Å². The molecule has 0 aliphatic carbocycles. The number of pyridine rings is 1. The van der Waals surface area contributed by atoms with Gasteiger partial charge in [0.2, 0.25) is 0 Å². The number of carbonyl (C=O) groups is 2. The molecule has 1 heterocycles. The predicted molar refractivity (Wildman–Crippen MR) is 139 cm³/mol. The topological polar surface area (TPSA) is 122 Å². The van der Waals surface area contributed by atoms with Crippen LogP contribution in [0.15, 0.2) is 60.8 Å². The number of anilines is 3. The van der Waals surface area contributed by atoms with E-state index in [1.165, 1.54) is 19.2 Å². The smallest absolute Gasteiger partial charge is 0.319 e. The fraction of sp³-hybridized carbons (Fsp3) is 0.269. The number of nitrogens with one attached hydrogen (secondary N) is 3. The molecule has 0 fully saturated rings. The summed E-state index contributed by atoms with van der Waals surface area (Å²) in [6.07, 6.45) is 3.01. The Morgan fingerprint density at radius 1 is 1.11 bits per heavy atom. The number of ether oxygens (including phenoxy) is 1. The van der Waals surface area contributed by atoms with Gasteiger partial charge in [-0.25, -0.2) is 9.18 Å². The molecule has 0 saturated carbocycles. The summed E-state index contributed by atoms with van der Waals surface area (Å²) in [4.78, 5) is 31.6. The van der Waals surface area contributed by atoms with Crippen LogP contribution in [0.1, 0.15) is 34.9 Å². The normalized spacial score (nSPS) is 11.6.